The van der Waals surface area contributed by atoms with Gasteiger partial charge in [-0.25, -0.2) is 0 Å². The van der Waals surface area contributed by atoms with E-state index in [4.69, 9.17) is 22.7 Å². The molecule has 4 nitrogen and oxygen atoms in total. The number of hydrogen-bond acceptors (Lipinski definition) is 3. The third-order valence-corrected chi connectivity index (χ3v) is 2.95. The molecule has 1 aromatic rings. The van der Waals surface area contributed by atoms with Gasteiger partial charge in [-0.05, 0) is 38.8 Å². The van der Waals surface area contributed by atoms with Crippen LogP contribution in [0.4, 0.5) is 0 Å². The first-order valence-electron chi connectivity index (χ1n) is 6.80. The Morgan fingerprint density at radius 2 is 2.05 bits per heavy atom. The molecule has 0 spiro atoms. The van der Waals surface area contributed by atoms with Gasteiger partial charge in [-0.1, -0.05) is 24.4 Å². The first kappa shape index (κ1) is 16.6. The third kappa shape index (κ3) is 6.12. The minimum absolute atomic E-state index is 0.104. The van der Waals surface area contributed by atoms with E-state index in [0.29, 0.717) is 22.7 Å². The van der Waals surface area contributed by atoms with Gasteiger partial charge in [0.05, 0.1) is 6.10 Å². The Labute approximate surface area is 125 Å². The summed E-state index contributed by atoms with van der Waals surface area (Å²) in [6.45, 7) is 5.38. The van der Waals surface area contributed by atoms with Crippen molar-refractivity contribution in [3.8, 4) is 0 Å². The maximum Gasteiger partial charge on any atom is 0.251 e. The van der Waals surface area contributed by atoms with Crippen molar-refractivity contribution >= 4 is 23.1 Å². The lowest BCUT2D eigenvalue weighted by molar-refractivity contribution is 0.0754. The molecule has 1 amide bonds. The minimum atomic E-state index is -0.104. The van der Waals surface area contributed by atoms with Crippen molar-refractivity contribution in [1.82, 2.24) is 5.32 Å². The SMILES string of the molecule is CC(C)OCCCCNC(=O)c1cccc(C(N)=S)c1. The molecule has 20 heavy (non-hydrogen) atoms. The Hall–Kier alpha value is -1.46. The maximum absolute atomic E-state index is 11.9. The van der Waals surface area contributed by atoms with Crippen molar-refractivity contribution in [1.29, 1.82) is 0 Å². The van der Waals surface area contributed by atoms with Gasteiger partial charge in [-0.15, -0.1) is 0 Å². The van der Waals surface area contributed by atoms with Gasteiger partial charge in [0.1, 0.15) is 4.99 Å². The van der Waals surface area contributed by atoms with Crippen LogP contribution in [0.5, 0.6) is 0 Å². The van der Waals surface area contributed by atoms with Gasteiger partial charge in [-0.3, -0.25) is 4.79 Å². The second-order valence-corrected chi connectivity index (χ2v) is 5.27. The number of amides is 1. The summed E-state index contributed by atoms with van der Waals surface area (Å²) >= 11 is 4.90. The van der Waals surface area contributed by atoms with E-state index in [0.717, 1.165) is 19.4 Å². The van der Waals surface area contributed by atoms with Gasteiger partial charge in [-0.2, -0.15) is 0 Å². The van der Waals surface area contributed by atoms with Crippen molar-refractivity contribution < 1.29 is 9.53 Å². The topological polar surface area (TPSA) is 64.3 Å². The predicted octanol–water partition coefficient (Wildman–Crippen LogP) is 2.26. The summed E-state index contributed by atoms with van der Waals surface area (Å²) in [6.07, 6.45) is 2.09. The van der Waals surface area contributed by atoms with Crippen LogP contribution < -0.4 is 11.1 Å². The fraction of sp³-hybridized carbons (Fsp3) is 0.467. The van der Waals surface area contributed by atoms with Gasteiger partial charge in [0.25, 0.3) is 5.91 Å². The molecule has 0 heterocycles. The van der Waals surface area contributed by atoms with Gasteiger partial charge in [0.2, 0.25) is 0 Å². The number of carbonyl (C=O) groups excluding carboxylic acids is 1. The number of rotatable bonds is 8. The fourth-order valence-electron chi connectivity index (χ4n) is 1.66. The van der Waals surface area contributed by atoms with Crippen molar-refractivity contribution in [2.24, 2.45) is 5.73 Å². The summed E-state index contributed by atoms with van der Waals surface area (Å²) in [7, 11) is 0. The van der Waals surface area contributed by atoms with Crippen LogP contribution in [-0.2, 0) is 4.74 Å². The molecule has 0 bridgehead atoms. The van der Waals surface area contributed by atoms with E-state index in [-0.39, 0.29) is 12.0 Å². The predicted molar refractivity (Wildman–Crippen MR) is 85.0 cm³/mol. The smallest absolute Gasteiger partial charge is 0.251 e. The summed E-state index contributed by atoms with van der Waals surface area (Å²) in [5, 5.41) is 2.87. The minimum Gasteiger partial charge on any atom is -0.389 e. The quantitative estimate of drug-likeness (QED) is 0.570. The molecule has 3 N–H and O–H groups in total. The van der Waals surface area contributed by atoms with E-state index in [1.54, 1.807) is 24.3 Å². The zero-order valence-electron chi connectivity index (χ0n) is 12.0. The molecule has 0 aromatic heterocycles. The van der Waals surface area contributed by atoms with Crippen molar-refractivity contribution in [3.63, 3.8) is 0 Å². The fourth-order valence-corrected chi connectivity index (χ4v) is 1.79. The first-order chi connectivity index (χ1) is 9.50. The van der Waals surface area contributed by atoms with Crippen LogP contribution in [0, 0.1) is 0 Å². The highest BCUT2D eigenvalue weighted by Crippen LogP contribution is 2.05. The van der Waals surface area contributed by atoms with Crippen LogP contribution in [0.2, 0.25) is 0 Å². The zero-order valence-corrected chi connectivity index (χ0v) is 12.8. The molecule has 0 fully saturated rings. The molecule has 0 aliphatic carbocycles. The number of carbonyl (C=O) groups is 1. The number of ether oxygens (including phenoxy) is 1. The van der Waals surface area contributed by atoms with E-state index >= 15 is 0 Å². The monoisotopic (exact) mass is 294 g/mol. The summed E-state index contributed by atoms with van der Waals surface area (Å²) < 4.78 is 5.43. The molecule has 110 valence electrons. The van der Waals surface area contributed by atoms with Crippen molar-refractivity contribution in [2.75, 3.05) is 13.2 Å². The number of benzene rings is 1. The molecular formula is C15H22N2O2S. The molecule has 0 saturated heterocycles. The van der Waals surface area contributed by atoms with E-state index < -0.39 is 0 Å². The molecule has 0 unspecified atom stereocenters. The number of thiocarbonyl (C=S) groups is 1. The Bertz CT molecular complexity index is 461. The van der Waals surface area contributed by atoms with Crippen LogP contribution in [0.25, 0.3) is 0 Å². The van der Waals surface area contributed by atoms with Crippen LogP contribution in [0.15, 0.2) is 24.3 Å². The summed E-state index contributed by atoms with van der Waals surface area (Å²) in [5.41, 5.74) is 6.83. The Balaban J connectivity index is 2.32. The second kappa shape index (κ2) is 8.66. The van der Waals surface area contributed by atoms with E-state index in [1.165, 1.54) is 0 Å². The zero-order chi connectivity index (χ0) is 15.0. The van der Waals surface area contributed by atoms with E-state index in [9.17, 15) is 4.79 Å². The lowest BCUT2D eigenvalue weighted by atomic mass is 10.1. The Morgan fingerprint density at radius 1 is 1.35 bits per heavy atom. The largest absolute Gasteiger partial charge is 0.389 e. The van der Waals surface area contributed by atoms with Crippen LogP contribution >= 0.6 is 12.2 Å². The van der Waals surface area contributed by atoms with Crippen LogP contribution in [0.1, 0.15) is 42.6 Å². The normalized spacial score (nSPS) is 10.6. The Morgan fingerprint density at radius 3 is 2.70 bits per heavy atom. The molecule has 1 rings (SSSR count). The number of nitrogens with two attached hydrogens (primary N) is 1. The van der Waals surface area contributed by atoms with Crippen LogP contribution in [-0.4, -0.2) is 30.2 Å². The lowest BCUT2D eigenvalue weighted by Crippen LogP contribution is -2.25. The third-order valence-electron chi connectivity index (χ3n) is 2.72. The average molecular weight is 294 g/mol. The highest BCUT2D eigenvalue weighted by atomic mass is 32.1. The highest BCUT2D eigenvalue weighted by Gasteiger charge is 2.06. The molecule has 0 saturated carbocycles. The van der Waals surface area contributed by atoms with Gasteiger partial charge >= 0.3 is 0 Å². The van der Waals surface area contributed by atoms with E-state index in [1.807, 2.05) is 13.8 Å². The lowest BCUT2D eigenvalue weighted by Gasteiger charge is -2.08. The van der Waals surface area contributed by atoms with Gasteiger partial charge in [0.15, 0.2) is 0 Å². The molecule has 1 aromatic carbocycles. The molecule has 0 aliphatic rings. The summed E-state index contributed by atoms with van der Waals surface area (Å²) in [5.74, 6) is -0.104. The molecule has 0 aliphatic heterocycles. The summed E-state index contributed by atoms with van der Waals surface area (Å²) in [4.78, 5) is 12.2. The van der Waals surface area contributed by atoms with Gasteiger partial charge in [0, 0.05) is 24.3 Å². The van der Waals surface area contributed by atoms with Crippen molar-refractivity contribution in [3.05, 3.63) is 35.4 Å². The molecular weight excluding hydrogens is 272 g/mol. The Kier molecular flexibility index (Phi) is 7.18. The molecule has 5 heteroatoms. The van der Waals surface area contributed by atoms with E-state index in [2.05, 4.69) is 5.32 Å². The molecule has 0 atom stereocenters. The first-order valence-corrected chi connectivity index (χ1v) is 7.21. The van der Waals surface area contributed by atoms with Crippen molar-refractivity contribution in [2.45, 2.75) is 32.8 Å². The number of unbranched alkanes of at least 4 members (excludes halogenated alkanes) is 1. The maximum atomic E-state index is 11.9. The average Bonchev–Trinajstić information content (AvgIpc) is 2.42. The number of nitrogens with one attached hydrogen (secondary N) is 1. The van der Waals surface area contributed by atoms with Crippen LogP contribution in [0.3, 0.4) is 0 Å². The molecule has 0 radical (unpaired) electrons. The second-order valence-electron chi connectivity index (χ2n) is 4.83. The summed E-state index contributed by atoms with van der Waals surface area (Å²) in [6, 6.07) is 7.03. The number of hydrogen-bond donors (Lipinski definition) is 2. The highest BCUT2D eigenvalue weighted by molar-refractivity contribution is 7.80. The van der Waals surface area contributed by atoms with Gasteiger partial charge < -0.3 is 15.8 Å². The standard InChI is InChI=1S/C15H22N2O2S/c1-11(2)19-9-4-3-8-17-15(18)13-7-5-6-12(10-13)14(16)20/h5-7,10-11H,3-4,8-9H2,1-2H3,(H2,16,20)(H,17,18).